The van der Waals surface area contributed by atoms with Gasteiger partial charge in [-0.05, 0) is 24.7 Å². The molecule has 0 aromatic heterocycles. The molecule has 1 aromatic carbocycles. The Balaban J connectivity index is 1.94. The standard InChI is InChI=1S/C12H17FN2O/c1-14-12-9-15(5-6-16-12)8-10-3-2-4-11(13)7-10/h2-4,7,12,14H,5-6,8-9H2,1H3. The molecule has 1 saturated heterocycles. The zero-order chi connectivity index (χ0) is 11.4. The Morgan fingerprint density at radius 2 is 2.44 bits per heavy atom. The maximum Gasteiger partial charge on any atom is 0.123 e. The average molecular weight is 224 g/mol. The molecule has 16 heavy (non-hydrogen) atoms. The van der Waals surface area contributed by atoms with E-state index in [-0.39, 0.29) is 12.0 Å². The minimum atomic E-state index is -0.170. The number of benzene rings is 1. The Morgan fingerprint density at radius 1 is 1.56 bits per heavy atom. The first-order chi connectivity index (χ1) is 7.78. The van der Waals surface area contributed by atoms with Gasteiger partial charge in [-0.15, -0.1) is 0 Å². The lowest BCUT2D eigenvalue weighted by atomic mass is 10.2. The fourth-order valence-corrected chi connectivity index (χ4v) is 1.91. The van der Waals surface area contributed by atoms with Crippen LogP contribution in [0.3, 0.4) is 0 Å². The van der Waals surface area contributed by atoms with Gasteiger partial charge >= 0.3 is 0 Å². The van der Waals surface area contributed by atoms with E-state index in [1.54, 1.807) is 12.1 Å². The molecule has 1 fully saturated rings. The van der Waals surface area contributed by atoms with Crippen LogP contribution < -0.4 is 5.32 Å². The van der Waals surface area contributed by atoms with Gasteiger partial charge in [0.15, 0.2) is 0 Å². The van der Waals surface area contributed by atoms with Crippen molar-refractivity contribution in [3.63, 3.8) is 0 Å². The third kappa shape index (κ3) is 3.01. The fraction of sp³-hybridized carbons (Fsp3) is 0.500. The number of likely N-dealkylation sites (N-methyl/N-ethyl adjacent to an activating group) is 1. The van der Waals surface area contributed by atoms with Crippen molar-refractivity contribution in [1.29, 1.82) is 0 Å². The van der Waals surface area contributed by atoms with Crippen molar-refractivity contribution >= 4 is 0 Å². The van der Waals surface area contributed by atoms with E-state index in [1.807, 2.05) is 13.1 Å². The summed E-state index contributed by atoms with van der Waals surface area (Å²) in [6.45, 7) is 3.24. The van der Waals surface area contributed by atoms with Gasteiger partial charge in [0.2, 0.25) is 0 Å². The van der Waals surface area contributed by atoms with Gasteiger partial charge in [0.25, 0.3) is 0 Å². The van der Waals surface area contributed by atoms with Crippen molar-refractivity contribution in [2.24, 2.45) is 0 Å². The van der Waals surface area contributed by atoms with Crippen LogP contribution in [0.15, 0.2) is 24.3 Å². The Bertz CT molecular complexity index is 346. The molecule has 0 bridgehead atoms. The lowest BCUT2D eigenvalue weighted by molar-refractivity contribution is -0.0443. The summed E-state index contributed by atoms with van der Waals surface area (Å²) < 4.78 is 18.5. The van der Waals surface area contributed by atoms with E-state index >= 15 is 0 Å². The molecule has 3 nitrogen and oxygen atoms in total. The molecule has 1 aromatic rings. The van der Waals surface area contributed by atoms with Crippen LogP contribution in [0.25, 0.3) is 0 Å². The summed E-state index contributed by atoms with van der Waals surface area (Å²) in [5, 5.41) is 3.09. The Hall–Kier alpha value is -0.970. The van der Waals surface area contributed by atoms with Gasteiger partial charge < -0.3 is 4.74 Å². The molecule has 1 N–H and O–H groups in total. The molecule has 2 rings (SSSR count). The second-order valence-corrected chi connectivity index (χ2v) is 4.01. The lowest BCUT2D eigenvalue weighted by Crippen LogP contribution is -2.47. The van der Waals surface area contributed by atoms with Crippen molar-refractivity contribution in [2.45, 2.75) is 12.8 Å². The normalized spacial score (nSPS) is 22.2. The van der Waals surface area contributed by atoms with Crippen molar-refractivity contribution in [2.75, 3.05) is 26.7 Å². The van der Waals surface area contributed by atoms with Crippen LogP contribution in [-0.2, 0) is 11.3 Å². The molecular weight excluding hydrogens is 207 g/mol. The van der Waals surface area contributed by atoms with Crippen molar-refractivity contribution in [3.8, 4) is 0 Å². The third-order valence-electron chi connectivity index (χ3n) is 2.77. The quantitative estimate of drug-likeness (QED) is 0.835. The number of rotatable bonds is 3. The Morgan fingerprint density at radius 3 is 3.19 bits per heavy atom. The first-order valence-electron chi connectivity index (χ1n) is 5.53. The highest BCUT2D eigenvalue weighted by Gasteiger charge is 2.18. The van der Waals surface area contributed by atoms with Crippen LogP contribution in [0.1, 0.15) is 5.56 Å². The van der Waals surface area contributed by atoms with Gasteiger partial charge in [-0.25, -0.2) is 4.39 Å². The van der Waals surface area contributed by atoms with Gasteiger partial charge in [-0.3, -0.25) is 10.2 Å². The molecular formula is C12H17FN2O. The highest BCUT2D eigenvalue weighted by atomic mass is 19.1. The summed E-state index contributed by atoms with van der Waals surface area (Å²) >= 11 is 0. The molecule has 0 spiro atoms. The highest BCUT2D eigenvalue weighted by Crippen LogP contribution is 2.10. The Kier molecular flexibility index (Phi) is 3.88. The maximum absolute atomic E-state index is 13.0. The topological polar surface area (TPSA) is 24.5 Å². The molecule has 88 valence electrons. The minimum absolute atomic E-state index is 0.0855. The van der Waals surface area contributed by atoms with E-state index < -0.39 is 0 Å². The van der Waals surface area contributed by atoms with Crippen molar-refractivity contribution in [1.82, 2.24) is 10.2 Å². The third-order valence-corrected chi connectivity index (χ3v) is 2.77. The predicted molar refractivity (Wildman–Crippen MR) is 60.5 cm³/mol. The van der Waals surface area contributed by atoms with E-state index in [2.05, 4.69) is 10.2 Å². The van der Waals surface area contributed by atoms with E-state index in [4.69, 9.17) is 4.74 Å². The SMILES string of the molecule is CNC1CN(Cc2cccc(F)c2)CCO1. The molecule has 0 radical (unpaired) electrons. The highest BCUT2D eigenvalue weighted by molar-refractivity contribution is 5.16. The number of hydrogen-bond donors (Lipinski definition) is 1. The average Bonchev–Trinajstić information content (AvgIpc) is 2.29. The number of hydrogen-bond acceptors (Lipinski definition) is 3. The van der Waals surface area contributed by atoms with E-state index in [9.17, 15) is 4.39 Å². The second-order valence-electron chi connectivity index (χ2n) is 4.01. The van der Waals surface area contributed by atoms with Crippen LogP contribution in [-0.4, -0.2) is 37.9 Å². The summed E-state index contributed by atoms with van der Waals surface area (Å²) in [5.41, 5.74) is 1.01. The fourth-order valence-electron chi connectivity index (χ4n) is 1.91. The van der Waals surface area contributed by atoms with Crippen LogP contribution >= 0.6 is 0 Å². The van der Waals surface area contributed by atoms with Gasteiger partial charge in [-0.1, -0.05) is 12.1 Å². The molecule has 0 amide bonds. The van der Waals surface area contributed by atoms with E-state index in [0.29, 0.717) is 0 Å². The Labute approximate surface area is 95.2 Å². The molecule has 1 heterocycles. The monoisotopic (exact) mass is 224 g/mol. The maximum atomic E-state index is 13.0. The van der Waals surface area contributed by atoms with Crippen LogP contribution in [0.4, 0.5) is 4.39 Å². The predicted octanol–water partition coefficient (Wildman–Crippen LogP) is 1.20. The van der Waals surface area contributed by atoms with Gasteiger partial charge in [0.05, 0.1) is 6.61 Å². The van der Waals surface area contributed by atoms with E-state index in [0.717, 1.165) is 31.8 Å². The number of halogens is 1. The van der Waals surface area contributed by atoms with Crippen LogP contribution in [0.2, 0.25) is 0 Å². The second kappa shape index (κ2) is 5.39. The van der Waals surface area contributed by atoms with Crippen LogP contribution in [0, 0.1) is 5.82 Å². The van der Waals surface area contributed by atoms with Crippen molar-refractivity contribution in [3.05, 3.63) is 35.6 Å². The van der Waals surface area contributed by atoms with E-state index in [1.165, 1.54) is 6.07 Å². The zero-order valence-electron chi connectivity index (χ0n) is 9.45. The first-order valence-corrected chi connectivity index (χ1v) is 5.53. The van der Waals surface area contributed by atoms with Gasteiger partial charge in [0, 0.05) is 19.6 Å². The molecule has 1 unspecified atom stereocenters. The summed E-state index contributed by atoms with van der Waals surface area (Å²) in [5.74, 6) is -0.170. The minimum Gasteiger partial charge on any atom is -0.361 e. The van der Waals surface area contributed by atoms with Crippen LogP contribution in [0.5, 0.6) is 0 Å². The first kappa shape index (κ1) is 11.5. The smallest absolute Gasteiger partial charge is 0.123 e. The largest absolute Gasteiger partial charge is 0.361 e. The number of nitrogens with zero attached hydrogens (tertiary/aromatic N) is 1. The van der Waals surface area contributed by atoms with Crippen molar-refractivity contribution < 1.29 is 9.13 Å². The summed E-state index contributed by atoms with van der Waals surface area (Å²) in [6.07, 6.45) is 0.0855. The zero-order valence-corrected chi connectivity index (χ0v) is 9.45. The molecule has 1 atom stereocenters. The summed E-state index contributed by atoms with van der Waals surface area (Å²) in [7, 11) is 1.89. The van der Waals surface area contributed by atoms with Gasteiger partial charge in [0.1, 0.15) is 12.0 Å². The molecule has 4 heteroatoms. The molecule has 1 aliphatic heterocycles. The number of nitrogens with one attached hydrogen (secondary N) is 1. The summed E-state index contributed by atoms with van der Waals surface area (Å²) in [6, 6.07) is 6.76. The number of morpholine rings is 1. The molecule has 0 saturated carbocycles. The van der Waals surface area contributed by atoms with Gasteiger partial charge in [-0.2, -0.15) is 0 Å². The molecule has 0 aliphatic carbocycles. The molecule has 1 aliphatic rings. The number of ether oxygens (including phenoxy) is 1. The lowest BCUT2D eigenvalue weighted by Gasteiger charge is -2.32. The summed E-state index contributed by atoms with van der Waals surface area (Å²) in [4.78, 5) is 2.26.